The summed E-state index contributed by atoms with van der Waals surface area (Å²) in [6.45, 7) is 13.6. The average molecular weight is 675 g/mol. The molecule has 0 amide bonds. The Morgan fingerprint density at radius 2 is 1.79 bits per heavy atom. The van der Waals surface area contributed by atoms with Gasteiger partial charge >= 0.3 is 6.01 Å². The summed E-state index contributed by atoms with van der Waals surface area (Å²) < 4.78 is 22.8. The van der Waals surface area contributed by atoms with E-state index in [4.69, 9.17) is 21.3 Å². The van der Waals surface area contributed by atoms with E-state index in [0.717, 1.165) is 63.1 Å². The second-order valence-electron chi connectivity index (χ2n) is 14.4. The van der Waals surface area contributed by atoms with E-state index in [1.54, 1.807) is 25.1 Å². The Balaban J connectivity index is 1.15. The predicted molar refractivity (Wildman–Crippen MR) is 192 cm³/mol. The molecule has 4 saturated heterocycles. The van der Waals surface area contributed by atoms with Crippen LogP contribution in [0, 0.1) is 12.7 Å². The normalized spacial score (nSPS) is 25.1. The molecule has 5 heterocycles. The molecule has 0 radical (unpaired) electrons. The lowest BCUT2D eigenvalue weighted by molar-refractivity contribution is 0.0460. The van der Waals surface area contributed by atoms with Crippen molar-refractivity contribution in [2.24, 2.45) is 0 Å². The second kappa shape index (κ2) is 13.9. The Bertz CT molecular complexity index is 1700. The molecule has 48 heavy (non-hydrogen) atoms. The first kappa shape index (κ1) is 33.3. The number of likely N-dealkylation sites (tertiary alicyclic amines) is 1. The Labute approximate surface area is 288 Å². The Morgan fingerprint density at radius 3 is 2.48 bits per heavy atom. The fourth-order valence-electron chi connectivity index (χ4n) is 8.26. The molecule has 0 aliphatic carbocycles. The van der Waals surface area contributed by atoms with Crippen molar-refractivity contribution in [3.8, 4) is 6.01 Å². The van der Waals surface area contributed by atoms with Crippen LogP contribution in [-0.2, 0) is 0 Å². The van der Waals surface area contributed by atoms with Gasteiger partial charge in [0.2, 0.25) is 0 Å². The van der Waals surface area contributed by atoms with Crippen LogP contribution in [0.3, 0.4) is 0 Å². The molecule has 2 N–H and O–H groups in total. The van der Waals surface area contributed by atoms with Crippen molar-refractivity contribution in [3.05, 3.63) is 69.7 Å². The summed E-state index contributed by atoms with van der Waals surface area (Å²) in [5.74, 6) is 0.133. The molecular formula is C38H48ClFN6O2. The standard InChI is InChI=1S/C38H48ClFN6O2/c1-23(2)44-21-29-12-13-30(22-44)46(29)14-7-15-48-38-42-36-32(37(43-38)45-19-27-10-11-28(20-45)41-27)18-33(39)34(35(36)40)25(4)16-31(47)17-26-9-6-5-8-24(26)3/h5-6,8-9,16-18,23,27-30,41,47H,7,10-15,19-22H2,1-4H3/b25-16+,31-17+. The molecule has 1 aromatic heterocycles. The van der Waals surface area contributed by atoms with Crippen LogP contribution in [0.4, 0.5) is 10.2 Å². The van der Waals surface area contributed by atoms with Gasteiger partial charge in [-0.05, 0) is 94.7 Å². The molecule has 0 spiro atoms. The molecule has 3 aromatic rings. The molecule has 4 fully saturated rings. The lowest BCUT2D eigenvalue weighted by Gasteiger charge is -2.42. The zero-order chi connectivity index (χ0) is 33.5. The van der Waals surface area contributed by atoms with E-state index >= 15 is 4.39 Å². The lowest BCUT2D eigenvalue weighted by Crippen LogP contribution is -2.55. The minimum absolute atomic E-state index is 0.0140. The van der Waals surface area contributed by atoms with E-state index in [9.17, 15) is 5.11 Å². The molecular weight excluding hydrogens is 627 g/mol. The summed E-state index contributed by atoms with van der Waals surface area (Å²) in [5, 5.41) is 15.3. The molecule has 4 aliphatic heterocycles. The first-order valence-electron chi connectivity index (χ1n) is 17.6. The average Bonchev–Trinajstić information content (AvgIpc) is 3.50. The van der Waals surface area contributed by atoms with Gasteiger partial charge < -0.3 is 20.1 Å². The largest absolute Gasteiger partial charge is 0.508 e. The van der Waals surface area contributed by atoms with Crippen LogP contribution in [0.15, 0.2) is 42.2 Å². The maximum atomic E-state index is 16.6. The molecule has 7 rings (SSSR count). The van der Waals surface area contributed by atoms with E-state index in [1.165, 1.54) is 12.8 Å². The minimum atomic E-state index is -0.541. The number of aromatic nitrogens is 2. The zero-order valence-corrected chi connectivity index (χ0v) is 29.3. The number of hydrogen-bond donors (Lipinski definition) is 2. The number of piperazine rings is 2. The zero-order valence-electron chi connectivity index (χ0n) is 28.6. The van der Waals surface area contributed by atoms with Crippen LogP contribution in [0.25, 0.3) is 22.6 Å². The smallest absolute Gasteiger partial charge is 0.319 e. The summed E-state index contributed by atoms with van der Waals surface area (Å²) in [6, 6.07) is 12.3. The van der Waals surface area contributed by atoms with Crippen LogP contribution in [-0.4, -0.2) is 94.4 Å². The predicted octanol–water partition coefficient (Wildman–Crippen LogP) is 7.00. The van der Waals surface area contributed by atoms with E-state index in [1.807, 2.05) is 31.2 Å². The first-order valence-corrected chi connectivity index (χ1v) is 18.0. The summed E-state index contributed by atoms with van der Waals surface area (Å²) in [5.41, 5.74) is 2.80. The second-order valence-corrected chi connectivity index (χ2v) is 14.8. The van der Waals surface area contributed by atoms with Gasteiger partial charge in [0.15, 0.2) is 5.82 Å². The topological polar surface area (TPSA) is 77.0 Å². The molecule has 4 aliphatic rings. The maximum absolute atomic E-state index is 16.6. The number of nitrogens with one attached hydrogen (secondary N) is 1. The van der Waals surface area contributed by atoms with Crippen molar-refractivity contribution in [3.63, 3.8) is 0 Å². The fraction of sp³-hybridized carbons (Fsp3) is 0.526. The highest BCUT2D eigenvalue weighted by molar-refractivity contribution is 6.33. The van der Waals surface area contributed by atoms with Gasteiger partial charge in [0.25, 0.3) is 0 Å². The highest BCUT2D eigenvalue weighted by atomic mass is 35.5. The third-order valence-corrected chi connectivity index (χ3v) is 11.1. The SMILES string of the molecule is C/C(=C\C(O)=C/c1ccccc1C)c1c(Cl)cc2c(N3CC4CCC(C3)N4)nc(OCCCN3C4CCC3CN(C(C)C)C4)nc2c1F. The van der Waals surface area contributed by atoms with Crippen molar-refractivity contribution in [1.29, 1.82) is 0 Å². The fourth-order valence-corrected chi connectivity index (χ4v) is 8.60. The Morgan fingerprint density at radius 1 is 1.08 bits per heavy atom. The van der Waals surface area contributed by atoms with Crippen molar-refractivity contribution >= 4 is 40.0 Å². The van der Waals surface area contributed by atoms with Crippen molar-refractivity contribution in [2.45, 2.75) is 90.0 Å². The number of ether oxygens (including phenoxy) is 1. The van der Waals surface area contributed by atoms with Crippen molar-refractivity contribution in [2.75, 3.05) is 44.2 Å². The number of halogens is 2. The Hall–Kier alpha value is -3.24. The highest BCUT2D eigenvalue weighted by Crippen LogP contribution is 2.38. The number of benzene rings is 2. The summed E-state index contributed by atoms with van der Waals surface area (Å²) in [4.78, 5) is 17.0. The number of fused-ring (bicyclic) bond motifs is 5. The number of rotatable bonds is 10. The van der Waals surface area contributed by atoms with E-state index in [0.29, 0.717) is 53.6 Å². The van der Waals surface area contributed by atoms with Gasteiger partial charge in [-0.15, -0.1) is 0 Å². The first-order chi connectivity index (χ1) is 23.1. The van der Waals surface area contributed by atoms with E-state index in [-0.39, 0.29) is 27.9 Å². The molecule has 0 saturated carbocycles. The third kappa shape index (κ3) is 6.79. The summed E-state index contributed by atoms with van der Waals surface area (Å²) >= 11 is 6.82. The highest BCUT2D eigenvalue weighted by Gasteiger charge is 2.40. The maximum Gasteiger partial charge on any atom is 0.319 e. The van der Waals surface area contributed by atoms with Gasteiger partial charge in [0.1, 0.15) is 17.1 Å². The molecule has 4 unspecified atom stereocenters. The lowest BCUT2D eigenvalue weighted by atomic mass is 10.0. The van der Waals surface area contributed by atoms with E-state index in [2.05, 4.69) is 38.8 Å². The molecule has 4 bridgehead atoms. The van der Waals surface area contributed by atoms with Crippen LogP contribution in [0.2, 0.25) is 5.02 Å². The number of allylic oxidation sites excluding steroid dienone is 2. The third-order valence-electron chi connectivity index (χ3n) is 10.8. The quantitative estimate of drug-likeness (QED) is 0.135. The van der Waals surface area contributed by atoms with Crippen LogP contribution < -0.4 is 15.0 Å². The number of hydrogen-bond acceptors (Lipinski definition) is 8. The number of anilines is 1. The van der Waals surface area contributed by atoms with Crippen molar-refractivity contribution < 1.29 is 14.2 Å². The molecule has 2 aromatic carbocycles. The summed E-state index contributed by atoms with van der Waals surface area (Å²) in [6.07, 6.45) is 8.82. The van der Waals surface area contributed by atoms with Gasteiger partial charge in [0, 0.05) is 73.9 Å². The van der Waals surface area contributed by atoms with Gasteiger partial charge in [-0.3, -0.25) is 9.80 Å². The molecule has 10 heteroatoms. The van der Waals surface area contributed by atoms with Gasteiger partial charge in [-0.1, -0.05) is 35.9 Å². The molecule has 4 atom stereocenters. The number of nitrogens with zero attached hydrogens (tertiary/aromatic N) is 5. The van der Waals surface area contributed by atoms with Gasteiger partial charge in [-0.25, -0.2) is 4.39 Å². The minimum Gasteiger partial charge on any atom is -0.508 e. The van der Waals surface area contributed by atoms with Gasteiger partial charge in [-0.2, -0.15) is 9.97 Å². The Kier molecular flexibility index (Phi) is 9.66. The molecule has 256 valence electrons. The number of aliphatic hydroxyl groups excluding tert-OH is 1. The number of aliphatic hydroxyl groups is 1. The van der Waals surface area contributed by atoms with Crippen LogP contribution in [0.5, 0.6) is 6.01 Å². The monoisotopic (exact) mass is 674 g/mol. The van der Waals surface area contributed by atoms with Crippen LogP contribution in [0.1, 0.15) is 69.6 Å². The van der Waals surface area contributed by atoms with Crippen LogP contribution >= 0.6 is 11.6 Å². The van der Waals surface area contributed by atoms with Crippen molar-refractivity contribution in [1.82, 2.24) is 25.1 Å². The van der Waals surface area contributed by atoms with E-state index < -0.39 is 5.82 Å². The van der Waals surface area contributed by atoms with Gasteiger partial charge in [0.05, 0.1) is 11.6 Å². The molecule has 8 nitrogen and oxygen atoms in total. The summed E-state index contributed by atoms with van der Waals surface area (Å²) in [7, 11) is 0. The number of aryl methyl sites for hydroxylation is 1.